The number of hydrogen-bond acceptors (Lipinski definition) is 3. The Hall–Kier alpha value is -1.33. The average Bonchev–Trinajstić information content (AvgIpc) is 2.69. The molecule has 18 heavy (non-hydrogen) atoms. The number of aryl methyl sites for hydroxylation is 2. The molecule has 2 aromatic rings. The maximum absolute atomic E-state index is 12.6. The normalized spacial score (nSPS) is 13.0. The molecule has 0 bridgehead atoms. The lowest BCUT2D eigenvalue weighted by Crippen LogP contribution is -2.11. The van der Waals surface area contributed by atoms with Crippen LogP contribution >= 0.6 is 11.3 Å². The van der Waals surface area contributed by atoms with Crippen LogP contribution in [0, 0.1) is 13.8 Å². The van der Waals surface area contributed by atoms with Crippen molar-refractivity contribution in [2.24, 2.45) is 5.73 Å². The van der Waals surface area contributed by atoms with Crippen LogP contribution in [0.4, 0.5) is 8.78 Å². The zero-order valence-electron chi connectivity index (χ0n) is 10.2. The summed E-state index contributed by atoms with van der Waals surface area (Å²) in [5.41, 5.74) is 7.67. The van der Waals surface area contributed by atoms with E-state index in [4.69, 9.17) is 5.73 Å². The van der Waals surface area contributed by atoms with E-state index >= 15 is 0 Å². The first-order valence-corrected chi connectivity index (χ1v) is 6.38. The van der Waals surface area contributed by atoms with E-state index in [9.17, 15) is 8.78 Å². The van der Waals surface area contributed by atoms with Crippen LogP contribution in [0.3, 0.4) is 0 Å². The second kappa shape index (κ2) is 5.12. The quantitative estimate of drug-likeness (QED) is 0.920. The van der Waals surface area contributed by atoms with Crippen LogP contribution in [0.2, 0.25) is 0 Å². The van der Waals surface area contributed by atoms with E-state index in [2.05, 4.69) is 4.98 Å². The third-order valence-electron chi connectivity index (χ3n) is 2.83. The van der Waals surface area contributed by atoms with Gasteiger partial charge in [0.1, 0.15) is 5.01 Å². The Bertz CT molecular complexity index is 532. The van der Waals surface area contributed by atoms with Crippen molar-refractivity contribution < 1.29 is 8.78 Å². The molecular formula is C13H14F2N2S. The van der Waals surface area contributed by atoms with Gasteiger partial charge in [-0.2, -0.15) is 0 Å². The first kappa shape index (κ1) is 13.1. The Labute approximate surface area is 108 Å². The van der Waals surface area contributed by atoms with Crippen LogP contribution in [0.5, 0.6) is 0 Å². The molecule has 0 saturated carbocycles. The third-order valence-corrected chi connectivity index (χ3v) is 3.99. The number of thiazole rings is 1. The molecule has 0 aliphatic rings. The number of nitrogens with two attached hydrogens (primary N) is 1. The summed E-state index contributed by atoms with van der Waals surface area (Å²) in [6.45, 7) is 3.89. The van der Waals surface area contributed by atoms with Crippen LogP contribution < -0.4 is 5.73 Å². The molecule has 0 aliphatic heterocycles. The van der Waals surface area contributed by atoms with Crippen molar-refractivity contribution in [1.29, 1.82) is 0 Å². The van der Waals surface area contributed by atoms with Gasteiger partial charge in [-0.1, -0.05) is 18.2 Å². The van der Waals surface area contributed by atoms with E-state index in [1.807, 2.05) is 13.8 Å². The number of hydrogen-bond donors (Lipinski definition) is 1. The Morgan fingerprint density at radius 1 is 1.22 bits per heavy atom. The van der Waals surface area contributed by atoms with E-state index in [0.29, 0.717) is 5.56 Å². The van der Waals surface area contributed by atoms with Crippen molar-refractivity contribution in [3.8, 4) is 0 Å². The molecular weight excluding hydrogens is 254 g/mol. The molecule has 0 spiro atoms. The number of nitrogens with zero attached hydrogens (tertiary/aromatic N) is 1. The van der Waals surface area contributed by atoms with Gasteiger partial charge < -0.3 is 5.73 Å². The molecule has 1 atom stereocenters. The van der Waals surface area contributed by atoms with Crippen molar-refractivity contribution in [2.45, 2.75) is 26.3 Å². The first-order valence-electron chi connectivity index (χ1n) is 5.56. The van der Waals surface area contributed by atoms with Crippen molar-refractivity contribution in [2.75, 3.05) is 0 Å². The Morgan fingerprint density at radius 3 is 2.44 bits per heavy atom. The summed E-state index contributed by atoms with van der Waals surface area (Å²) in [5.74, 6) is 0. The average molecular weight is 268 g/mol. The molecule has 1 aromatic carbocycles. The summed E-state index contributed by atoms with van der Waals surface area (Å²) in [6.07, 6.45) is -2.48. The topological polar surface area (TPSA) is 38.9 Å². The molecule has 2 N–H and O–H groups in total. The van der Waals surface area contributed by atoms with Gasteiger partial charge >= 0.3 is 0 Å². The summed E-state index contributed by atoms with van der Waals surface area (Å²) in [6, 6.07) is 5.76. The van der Waals surface area contributed by atoms with Crippen molar-refractivity contribution in [1.82, 2.24) is 4.98 Å². The van der Waals surface area contributed by atoms with Crippen LogP contribution in [-0.2, 0) is 0 Å². The maximum atomic E-state index is 12.6. The molecule has 1 aromatic heterocycles. The van der Waals surface area contributed by atoms with E-state index in [0.717, 1.165) is 15.6 Å². The van der Waals surface area contributed by atoms with E-state index in [1.165, 1.54) is 23.5 Å². The summed E-state index contributed by atoms with van der Waals surface area (Å²) < 4.78 is 25.3. The smallest absolute Gasteiger partial charge is 0.263 e. The molecule has 96 valence electrons. The fourth-order valence-electron chi connectivity index (χ4n) is 1.66. The second-order valence-corrected chi connectivity index (χ2v) is 5.38. The van der Waals surface area contributed by atoms with Gasteiger partial charge in [0.2, 0.25) is 0 Å². The first-order chi connectivity index (χ1) is 8.49. The van der Waals surface area contributed by atoms with E-state index in [-0.39, 0.29) is 5.56 Å². The zero-order chi connectivity index (χ0) is 13.3. The van der Waals surface area contributed by atoms with Crippen molar-refractivity contribution in [3.05, 3.63) is 51.0 Å². The number of rotatable bonds is 3. The van der Waals surface area contributed by atoms with Gasteiger partial charge in [0.15, 0.2) is 0 Å². The summed E-state index contributed by atoms with van der Waals surface area (Å²) >= 11 is 1.51. The zero-order valence-corrected chi connectivity index (χ0v) is 11.0. The molecule has 1 heterocycles. The van der Waals surface area contributed by atoms with Gasteiger partial charge in [0.05, 0.1) is 11.7 Å². The van der Waals surface area contributed by atoms with Gasteiger partial charge in [-0.15, -0.1) is 11.3 Å². The van der Waals surface area contributed by atoms with Crippen molar-refractivity contribution >= 4 is 11.3 Å². The molecule has 2 nitrogen and oxygen atoms in total. The summed E-state index contributed by atoms with van der Waals surface area (Å²) in [7, 11) is 0. The fourth-order valence-corrected chi connectivity index (χ4v) is 2.61. The molecule has 1 unspecified atom stereocenters. The maximum Gasteiger partial charge on any atom is 0.263 e. The summed E-state index contributed by atoms with van der Waals surface area (Å²) in [5, 5.41) is 0.761. The van der Waals surface area contributed by atoms with Gasteiger partial charge in [-0.25, -0.2) is 13.8 Å². The molecule has 0 radical (unpaired) electrons. The highest BCUT2D eigenvalue weighted by Crippen LogP contribution is 2.28. The Morgan fingerprint density at radius 2 is 1.89 bits per heavy atom. The largest absolute Gasteiger partial charge is 0.318 e. The van der Waals surface area contributed by atoms with Crippen LogP contribution in [0.25, 0.3) is 0 Å². The lowest BCUT2D eigenvalue weighted by Gasteiger charge is -2.10. The molecule has 0 amide bonds. The van der Waals surface area contributed by atoms with Crippen molar-refractivity contribution in [3.63, 3.8) is 0 Å². The fraction of sp³-hybridized carbons (Fsp3) is 0.308. The number of aromatic nitrogens is 1. The third kappa shape index (κ3) is 2.57. The van der Waals surface area contributed by atoms with Crippen LogP contribution in [0.1, 0.15) is 39.2 Å². The minimum atomic E-state index is -2.48. The molecule has 0 saturated heterocycles. The summed E-state index contributed by atoms with van der Waals surface area (Å²) in [4.78, 5) is 5.47. The monoisotopic (exact) mass is 268 g/mol. The highest BCUT2D eigenvalue weighted by Gasteiger charge is 2.16. The van der Waals surface area contributed by atoms with Crippen LogP contribution in [0.15, 0.2) is 24.3 Å². The molecule has 5 heteroatoms. The van der Waals surface area contributed by atoms with Gasteiger partial charge in [-0.3, -0.25) is 0 Å². The Kier molecular flexibility index (Phi) is 3.73. The van der Waals surface area contributed by atoms with E-state index < -0.39 is 12.5 Å². The van der Waals surface area contributed by atoms with Gasteiger partial charge in [0.25, 0.3) is 6.43 Å². The minimum Gasteiger partial charge on any atom is -0.318 e. The van der Waals surface area contributed by atoms with E-state index in [1.54, 1.807) is 12.1 Å². The number of benzene rings is 1. The van der Waals surface area contributed by atoms with Crippen LogP contribution in [-0.4, -0.2) is 4.98 Å². The Balaban J connectivity index is 2.33. The predicted octanol–water partition coefficient (Wildman–Crippen LogP) is 3.75. The predicted molar refractivity (Wildman–Crippen MR) is 69.0 cm³/mol. The number of halogens is 2. The molecule has 0 aliphatic carbocycles. The van der Waals surface area contributed by atoms with Gasteiger partial charge in [0, 0.05) is 10.4 Å². The standard InChI is InChI=1S/C13H14F2N2S/c1-7-8(2)18-13(17-7)11(16)9-4-3-5-10(6-9)12(14)15/h3-6,11-12H,16H2,1-2H3. The minimum absolute atomic E-state index is 0.00653. The molecule has 2 rings (SSSR count). The highest BCUT2D eigenvalue weighted by molar-refractivity contribution is 7.11. The number of alkyl halides is 2. The lowest BCUT2D eigenvalue weighted by molar-refractivity contribution is 0.151. The van der Waals surface area contributed by atoms with Gasteiger partial charge in [-0.05, 0) is 25.5 Å². The highest BCUT2D eigenvalue weighted by atomic mass is 32.1. The molecule has 0 fully saturated rings. The lowest BCUT2D eigenvalue weighted by atomic mass is 10.1. The SMILES string of the molecule is Cc1nc(C(N)c2cccc(C(F)F)c2)sc1C. The second-order valence-electron chi connectivity index (χ2n) is 4.14.